The average molecular weight is 233 g/mol. The minimum absolute atomic E-state index is 0.290. The third kappa shape index (κ3) is 2.52. The Bertz CT molecular complexity index is 390. The molecule has 0 fully saturated rings. The molecule has 88 valence electrons. The van der Waals surface area contributed by atoms with Gasteiger partial charge in [-0.2, -0.15) is 13.2 Å². The van der Waals surface area contributed by atoms with Gasteiger partial charge in [0.15, 0.2) is 0 Å². The zero-order chi connectivity index (χ0) is 12.3. The van der Waals surface area contributed by atoms with Crippen molar-refractivity contribution in [2.75, 3.05) is 7.11 Å². The molecule has 6 heteroatoms. The summed E-state index contributed by atoms with van der Waals surface area (Å²) in [5, 5.41) is 0. The lowest BCUT2D eigenvalue weighted by Crippen LogP contribution is -2.25. The van der Waals surface area contributed by atoms with E-state index >= 15 is 0 Å². The molecule has 1 atom stereocenters. The normalized spacial score (nSPS) is 13.3. The predicted octanol–water partition coefficient (Wildman–Crippen LogP) is 1.88. The first kappa shape index (κ1) is 12.5. The van der Waals surface area contributed by atoms with Gasteiger partial charge in [0, 0.05) is 0 Å². The molecule has 2 N–H and O–H groups in total. The van der Waals surface area contributed by atoms with Crippen LogP contribution in [0.5, 0.6) is 0 Å². The van der Waals surface area contributed by atoms with E-state index in [2.05, 4.69) is 4.74 Å². The van der Waals surface area contributed by atoms with Crippen LogP contribution in [0.2, 0.25) is 0 Å². The second-order valence-electron chi connectivity index (χ2n) is 3.09. The van der Waals surface area contributed by atoms with Crippen molar-refractivity contribution in [1.82, 2.24) is 0 Å². The monoisotopic (exact) mass is 233 g/mol. The van der Waals surface area contributed by atoms with E-state index in [1.54, 1.807) is 0 Å². The number of carbonyl (C=O) groups is 1. The predicted molar refractivity (Wildman–Crippen MR) is 50.4 cm³/mol. The molecule has 1 rings (SSSR count). The van der Waals surface area contributed by atoms with Crippen LogP contribution in [0.1, 0.15) is 17.2 Å². The van der Waals surface area contributed by atoms with Gasteiger partial charge in [-0.1, -0.05) is 18.2 Å². The largest absolute Gasteiger partial charge is 0.468 e. The van der Waals surface area contributed by atoms with E-state index in [-0.39, 0.29) is 5.56 Å². The molecule has 0 aliphatic rings. The number of ether oxygens (including phenoxy) is 1. The lowest BCUT2D eigenvalue weighted by Gasteiger charge is -2.16. The third-order valence-corrected chi connectivity index (χ3v) is 2.06. The van der Waals surface area contributed by atoms with E-state index in [1.165, 1.54) is 12.1 Å². The van der Waals surface area contributed by atoms with Gasteiger partial charge in [-0.25, -0.2) is 0 Å². The summed E-state index contributed by atoms with van der Waals surface area (Å²) < 4.78 is 42.0. The van der Waals surface area contributed by atoms with Crippen LogP contribution >= 0.6 is 0 Å². The summed E-state index contributed by atoms with van der Waals surface area (Å²) in [6.07, 6.45) is -4.54. The van der Waals surface area contributed by atoms with Crippen LogP contribution in [0.25, 0.3) is 0 Å². The Morgan fingerprint density at radius 2 is 1.94 bits per heavy atom. The lowest BCUT2D eigenvalue weighted by molar-refractivity contribution is -0.144. The lowest BCUT2D eigenvalue weighted by atomic mass is 10.0. The van der Waals surface area contributed by atoms with Crippen LogP contribution in [-0.2, 0) is 15.7 Å². The fourth-order valence-electron chi connectivity index (χ4n) is 1.28. The van der Waals surface area contributed by atoms with E-state index in [0.717, 1.165) is 19.2 Å². The molecule has 0 aliphatic heterocycles. The first-order valence-electron chi connectivity index (χ1n) is 4.37. The maximum atomic E-state index is 12.6. The molecule has 0 saturated carbocycles. The minimum Gasteiger partial charge on any atom is -0.468 e. The molecule has 1 aromatic rings. The quantitative estimate of drug-likeness (QED) is 0.793. The molecule has 0 saturated heterocycles. The number of benzene rings is 1. The molecular formula is C10H10F3NO2. The first-order chi connectivity index (χ1) is 7.38. The third-order valence-electron chi connectivity index (χ3n) is 2.06. The van der Waals surface area contributed by atoms with E-state index in [4.69, 9.17) is 5.73 Å². The fourth-order valence-corrected chi connectivity index (χ4v) is 1.28. The molecule has 0 aromatic heterocycles. The van der Waals surface area contributed by atoms with Crippen molar-refractivity contribution in [1.29, 1.82) is 0 Å². The summed E-state index contributed by atoms with van der Waals surface area (Å²) in [7, 11) is 1.07. The molecule has 0 unspecified atom stereocenters. The highest BCUT2D eigenvalue weighted by molar-refractivity contribution is 5.77. The molecule has 1 aromatic carbocycles. The molecule has 3 nitrogen and oxygen atoms in total. The Kier molecular flexibility index (Phi) is 3.54. The molecule has 16 heavy (non-hydrogen) atoms. The second-order valence-corrected chi connectivity index (χ2v) is 3.09. The SMILES string of the molecule is COC(=O)[C@H](N)c1ccccc1C(F)(F)F. The molecule has 0 spiro atoms. The van der Waals surface area contributed by atoms with E-state index in [1.807, 2.05) is 0 Å². The van der Waals surface area contributed by atoms with Gasteiger partial charge >= 0.3 is 12.1 Å². The van der Waals surface area contributed by atoms with Crippen molar-refractivity contribution in [3.8, 4) is 0 Å². The van der Waals surface area contributed by atoms with Crippen LogP contribution < -0.4 is 5.73 Å². The maximum Gasteiger partial charge on any atom is 0.416 e. The van der Waals surface area contributed by atoms with Gasteiger partial charge in [-0.05, 0) is 11.6 Å². The number of methoxy groups -OCH3 is 1. The van der Waals surface area contributed by atoms with Crippen molar-refractivity contribution < 1.29 is 22.7 Å². The molecule has 0 radical (unpaired) electrons. The smallest absolute Gasteiger partial charge is 0.416 e. The average Bonchev–Trinajstić information content (AvgIpc) is 2.26. The summed E-state index contributed by atoms with van der Waals surface area (Å²) in [4.78, 5) is 11.1. The van der Waals surface area contributed by atoms with E-state index < -0.39 is 23.8 Å². The van der Waals surface area contributed by atoms with Gasteiger partial charge in [0.1, 0.15) is 6.04 Å². The topological polar surface area (TPSA) is 52.3 Å². The summed E-state index contributed by atoms with van der Waals surface area (Å²) in [6.45, 7) is 0. The van der Waals surface area contributed by atoms with Gasteiger partial charge in [0.25, 0.3) is 0 Å². The number of carbonyl (C=O) groups excluding carboxylic acids is 1. The number of rotatable bonds is 2. The van der Waals surface area contributed by atoms with E-state index in [0.29, 0.717) is 0 Å². The zero-order valence-corrected chi connectivity index (χ0v) is 8.41. The van der Waals surface area contributed by atoms with Crippen LogP contribution in [0.4, 0.5) is 13.2 Å². The summed E-state index contributed by atoms with van der Waals surface area (Å²) >= 11 is 0. The standard InChI is InChI=1S/C10H10F3NO2/c1-16-9(15)8(14)6-4-2-3-5-7(6)10(11,12)13/h2-5,8H,14H2,1H3/t8-/m1/s1. The van der Waals surface area contributed by atoms with Crippen molar-refractivity contribution >= 4 is 5.97 Å². The molecule has 0 amide bonds. The van der Waals surface area contributed by atoms with Crippen LogP contribution in [-0.4, -0.2) is 13.1 Å². The van der Waals surface area contributed by atoms with E-state index in [9.17, 15) is 18.0 Å². The number of nitrogens with two attached hydrogens (primary N) is 1. The summed E-state index contributed by atoms with van der Waals surface area (Å²) in [6, 6.07) is 3.22. The highest BCUT2D eigenvalue weighted by atomic mass is 19.4. The van der Waals surface area contributed by atoms with Crippen molar-refractivity contribution in [2.24, 2.45) is 5.73 Å². The molecule has 0 heterocycles. The Balaban J connectivity index is 3.19. The van der Waals surface area contributed by atoms with Crippen LogP contribution in [0, 0.1) is 0 Å². The zero-order valence-electron chi connectivity index (χ0n) is 8.41. The minimum atomic E-state index is -4.54. The highest BCUT2D eigenvalue weighted by Crippen LogP contribution is 2.34. The molecular weight excluding hydrogens is 223 g/mol. The number of alkyl halides is 3. The Hall–Kier alpha value is -1.56. The number of esters is 1. The Labute approximate surface area is 90.0 Å². The van der Waals surface area contributed by atoms with Crippen LogP contribution in [0.15, 0.2) is 24.3 Å². The summed E-state index contributed by atoms with van der Waals surface area (Å²) in [5.74, 6) is -0.906. The fraction of sp³-hybridized carbons (Fsp3) is 0.300. The second kappa shape index (κ2) is 4.52. The Morgan fingerprint density at radius 1 is 1.38 bits per heavy atom. The van der Waals surface area contributed by atoms with Gasteiger partial charge in [-0.3, -0.25) is 4.79 Å². The summed E-state index contributed by atoms with van der Waals surface area (Å²) in [5.41, 5.74) is 4.16. The maximum absolute atomic E-state index is 12.6. The highest BCUT2D eigenvalue weighted by Gasteiger charge is 2.35. The van der Waals surface area contributed by atoms with Crippen molar-refractivity contribution in [3.05, 3.63) is 35.4 Å². The first-order valence-corrected chi connectivity index (χ1v) is 4.37. The van der Waals surface area contributed by atoms with Gasteiger partial charge in [0.2, 0.25) is 0 Å². The number of hydrogen-bond acceptors (Lipinski definition) is 3. The van der Waals surface area contributed by atoms with Crippen LogP contribution in [0.3, 0.4) is 0 Å². The Morgan fingerprint density at radius 3 is 2.44 bits per heavy atom. The molecule has 0 aliphatic carbocycles. The van der Waals surface area contributed by atoms with Gasteiger partial charge in [-0.15, -0.1) is 0 Å². The van der Waals surface area contributed by atoms with Crippen molar-refractivity contribution in [3.63, 3.8) is 0 Å². The number of halogens is 3. The van der Waals surface area contributed by atoms with Gasteiger partial charge in [0.05, 0.1) is 12.7 Å². The molecule has 0 bridgehead atoms. The van der Waals surface area contributed by atoms with Gasteiger partial charge < -0.3 is 10.5 Å². The van der Waals surface area contributed by atoms with Crippen molar-refractivity contribution in [2.45, 2.75) is 12.2 Å². The number of hydrogen-bond donors (Lipinski definition) is 1.